The lowest BCUT2D eigenvalue weighted by atomic mass is 10.4. The Kier molecular flexibility index (Phi) is 5.88. The van der Waals surface area contributed by atoms with Gasteiger partial charge in [-0.1, -0.05) is 25.1 Å². The zero-order chi connectivity index (χ0) is 9.36. The number of ether oxygens (including phenoxy) is 1. The van der Waals surface area contributed by atoms with E-state index in [1.54, 1.807) is 11.8 Å². The van der Waals surface area contributed by atoms with Crippen LogP contribution in [0.15, 0.2) is 0 Å². The first-order valence-corrected chi connectivity index (χ1v) is 5.87. The number of hydrogen-bond donors (Lipinski definition) is 0. The smallest absolute Gasteiger partial charge is 0.0649 e. The molecule has 0 aromatic carbocycles. The van der Waals surface area contributed by atoms with Crippen molar-refractivity contribution in [1.29, 1.82) is 0 Å². The first kappa shape index (κ1) is 10.7. The van der Waals surface area contributed by atoms with Crippen LogP contribution in [0.25, 0.3) is 0 Å². The van der Waals surface area contributed by atoms with Gasteiger partial charge < -0.3 is 9.64 Å². The molecule has 0 saturated carbocycles. The van der Waals surface area contributed by atoms with Crippen LogP contribution in [0.4, 0.5) is 0 Å². The molecule has 13 heavy (non-hydrogen) atoms. The van der Waals surface area contributed by atoms with Crippen LogP contribution in [0.1, 0.15) is 19.8 Å². The standard InChI is InChI=1S/C10H17NOS/c1-2-3-9-13-10-6-11-4-7-12-8-5-11/h2-5,7-9H2,1H3. The molecule has 1 fully saturated rings. The predicted molar refractivity (Wildman–Crippen MR) is 57.5 cm³/mol. The quantitative estimate of drug-likeness (QED) is 0.508. The third kappa shape index (κ3) is 5.07. The van der Waals surface area contributed by atoms with Crippen molar-refractivity contribution >= 4 is 11.8 Å². The normalized spacial score (nSPS) is 16.5. The zero-order valence-electron chi connectivity index (χ0n) is 8.21. The Hall–Kier alpha value is -0.330. The lowest BCUT2D eigenvalue weighted by molar-refractivity contribution is 0.0638. The molecule has 0 bridgehead atoms. The van der Waals surface area contributed by atoms with Crippen molar-refractivity contribution in [2.24, 2.45) is 0 Å². The molecule has 1 saturated heterocycles. The van der Waals surface area contributed by atoms with Crippen molar-refractivity contribution < 1.29 is 4.74 Å². The zero-order valence-corrected chi connectivity index (χ0v) is 9.03. The van der Waals surface area contributed by atoms with E-state index in [1.807, 2.05) is 0 Å². The van der Waals surface area contributed by atoms with E-state index in [1.165, 1.54) is 12.8 Å². The number of unbranched alkanes of at least 4 members (excludes halogenated alkanes) is 1. The fraction of sp³-hybridized carbons (Fsp3) is 0.800. The van der Waals surface area contributed by atoms with Crippen LogP contribution >= 0.6 is 11.8 Å². The van der Waals surface area contributed by atoms with Gasteiger partial charge in [-0.05, 0) is 11.7 Å². The third-order valence-electron chi connectivity index (χ3n) is 1.89. The Morgan fingerprint density at radius 1 is 1.38 bits per heavy atom. The van der Waals surface area contributed by atoms with E-state index < -0.39 is 0 Å². The van der Waals surface area contributed by atoms with E-state index in [0.717, 1.165) is 32.1 Å². The summed E-state index contributed by atoms with van der Waals surface area (Å²) in [7, 11) is 0. The van der Waals surface area contributed by atoms with Gasteiger partial charge in [0.15, 0.2) is 0 Å². The maximum Gasteiger partial charge on any atom is 0.0649 e. The maximum atomic E-state index is 5.23. The molecule has 1 rings (SSSR count). The highest BCUT2D eigenvalue weighted by Crippen LogP contribution is 2.02. The molecule has 0 N–H and O–H groups in total. The molecule has 0 aliphatic carbocycles. The van der Waals surface area contributed by atoms with E-state index in [2.05, 4.69) is 23.1 Å². The minimum absolute atomic E-state index is 0.828. The molecule has 0 spiro atoms. The molecule has 0 radical (unpaired) electrons. The fourth-order valence-electron chi connectivity index (χ4n) is 1.04. The first-order valence-electron chi connectivity index (χ1n) is 4.88. The Bertz CT molecular complexity index is 179. The van der Waals surface area contributed by atoms with Crippen LogP contribution in [0.3, 0.4) is 0 Å². The molecule has 0 atom stereocenters. The number of thioether (sulfide) groups is 1. The summed E-state index contributed by atoms with van der Waals surface area (Å²) in [5.74, 6) is 1.16. The molecule has 0 aromatic heterocycles. The molecule has 0 aromatic rings. The lowest BCUT2D eigenvalue weighted by Gasteiger charge is -2.22. The summed E-state index contributed by atoms with van der Waals surface area (Å²) in [4.78, 5) is 2.14. The Balaban J connectivity index is 2.06. The van der Waals surface area contributed by atoms with Crippen molar-refractivity contribution in [3.8, 4) is 11.3 Å². The number of morpholine rings is 1. The number of rotatable bonds is 3. The van der Waals surface area contributed by atoms with Crippen molar-refractivity contribution in [2.75, 3.05) is 32.1 Å². The highest BCUT2D eigenvalue weighted by atomic mass is 32.2. The number of nitrogens with zero attached hydrogens (tertiary/aromatic N) is 1. The molecule has 2 nitrogen and oxygen atoms in total. The second-order valence-corrected chi connectivity index (χ2v) is 3.92. The Morgan fingerprint density at radius 3 is 2.85 bits per heavy atom. The summed E-state index contributed by atoms with van der Waals surface area (Å²) >= 11 is 1.73. The lowest BCUT2D eigenvalue weighted by Crippen LogP contribution is -2.32. The second kappa shape index (κ2) is 7.11. The molecule has 0 amide bonds. The minimum Gasteiger partial charge on any atom is -0.378 e. The topological polar surface area (TPSA) is 12.5 Å². The minimum atomic E-state index is 0.828. The summed E-state index contributed by atoms with van der Waals surface area (Å²) in [6.07, 6.45) is 2.52. The summed E-state index contributed by atoms with van der Waals surface area (Å²) in [5, 5.41) is 3.13. The maximum absolute atomic E-state index is 5.23. The SMILES string of the molecule is CCCCSC#CN1CCOCC1. The van der Waals surface area contributed by atoms with Gasteiger partial charge in [0, 0.05) is 24.9 Å². The second-order valence-electron chi connectivity index (χ2n) is 3.02. The van der Waals surface area contributed by atoms with E-state index in [0.29, 0.717) is 0 Å². The largest absolute Gasteiger partial charge is 0.378 e. The van der Waals surface area contributed by atoms with Gasteiger partial charge in [0.25, 0.3) is 0 Å². The van der Waals surface area contributed by atoms with E-state index >= 15 is 0 Å². The Morgan fingerprint density at radius 2 is 2.15 bits per heavy atom. The number of hydrogen-bond acceptors (Lipinski definition) is 3. The average Bonchev–Trinajstić information content (AvgIpc) is 2.19. The van der Waals surface area contributed by atoms with Gasteiger partial charge >= 0.3 is 0 Å². The van der Waals surface area contributed by atoms with Gasteiger partial charge in [0.1, 0.15) is 0 Å². The molecule has 3 heteroatoms. The summed E-state index contributed by atoms with van der Waals surface area (Å²) in [6.45, 7) is 5.78. The van der Waals surface area contributed by atoms with E-state index in [-0.39, 0.29) is 0 Å². The summed E-state index contributed by atoms with van der Waals surface area (Å²) in [5.41, 5.74) is 0. The molecule has 0 unspecified atom stereocenters. The third-order valence-corrected chi connectivity index (χ3v) is 2.62. The van der Waals surface area contributed by atoms with Gasteiger partial charge in [-0.3, -0.25) is 0 Å². The molecule has 74 valence electrons. The molecular formula is C10H17NOS. The Labute approximate surface area is 85.0 Å². The van der Waals surface area contributed by atoms with Crippen molar-refractivity contribution in [2.45, 2.75) is 19.8 Å². The highest BCUT2D eigenvalue weighted by molar-refractivity contribution is 8.03. The van der Waals surface area contributed by atoms with Gasteiger partial charge in [-0.2, -0.15) is 0 Å². The molecule has 1 aliphatic heterocycles. The van der Waals surface area contributed by atoms with Gasteiger partial charge in [-0.25, -0.2) is 0 Å². The van der Waals surface area contributed by atoms with Crippen LogP contribution < -0.4 is 0 Å². The molecule has 1 aliphatic rings. The van der Waals surface area contributed by atoms with Crippen molar-refractivity contribution in [3.63, 3.8) is 0 Å². The highest BCUT2D eigenvalue weighted by Gasteiger charge is 2.04. The predicted octanol–water partition coefficient (Wildman–Crippen LogP) is 1.77. The summed E-state index contributed by atoms with van der Waals surface area (Å²) in [6, 6.07) is 3.15. The average molecular weight is 199 g/mol. The fourth-order valence-corrected chi connectivity index (χ4v) is 1.77. The monoisotopic (exact) mass is 199 g/mol. The first-order chi connectivity index (χ1) is 6.43. The van der Waals surface area contributed by atoms with Crippen molar-refractivity contribution in [3.05, 3.63) is 0 Å². The molecular weight excluding hydrogens is 182 g/mol. The van der Waals surface area contributed by atoms with E-state index in [9.17, 15) is 0 Å². The van der Waals surface area contributed by atoms with E-state index in [4.69, 9.17) is 4.74 Å². The van der Waals surface area contributed by atoms with Crippen LogP contribution in [-0.2, 0) is 4.74 Å². The van der Waals surface area contributed by atoms with Gasteiger partial charge in [-0.15, -0.1) is 0 Å². The van der Waals surface area contributed by atoms with Gasteiger partial charge in [0.05, 0.1) is 13.2 Å². The van der Waals surface area contributed by atoms with Crippen LogP contribution in [0, 0.1) is 11.3 Å². The van der Waals surface area contributed by atoms with Crippen LogP contribution in [0.5, 0.6) is 0 Å². The van der Waals surface area contributed by atoms with Crippen molar-refractivity contribution in [1.82, 2.24) is 4.90 Å². The van der Waals surface area contributed by atoms with Gasteiger partial charge in [0.2, 0.25) is 0 Å². The summed E-state index contributed by atoms with van der Waals surface area (Å²) < 4.78 is 5.23. The molecule has 1 heterocycles. The van der Waals surface area contributed by atoms with Crippen LogP contribution in [-0.4, -0.2) is 37.0 Å². The van der Waals surface area contributed by atoms with Crippen LogP contribution in [0.2, 0.25) is 0 Å².